The number of rotatable bonds is 5. The fourth-order valence-electron chi connectivity index (χ4n) is 2.11. The molecule has 0 aliphatic rings. The fourth-order valence-corrected chi connectivity index (χ4v) is 2.11. The molecule has 1 unspecified atom stereocenters. The summed E-state index contributed by atoms with van der Waals surface area (Å²) in [4.78, 5) is 11.9. The number of esters is 1. The largest absolute Gasteiger partial charge is 0.488 e. The Morgan fingerprint density at radius 2 is 2.09 bits per heavy atom. The van der Waals surface area contributed by atoms with E-state index in [4.69, 9.17) is 15.2 Å². The first-order valence-electron chi connectivity index (χ1n) is 6.78. The van der Waals surface area contributed by atoms with Gasteiger partial charge in [0.25, 0.3) is 0 Å². The van der Waals surface area contributed by atoms with Crippen LogP contribution in [-0.4, -0.2) is 25.7 Å². The molecule has 2 aromatic rings. The van der Waals surface area contributed by atoms with Gasteiger partial charge in [0, 0.05) is 11.9 Å². The van der Waals surface area contributed by atoms with Gasteiger partial charge in [0.05, 0.1) is 7.11 Å². The molecular weight excluding hydrogens is 309 g/mol. The van der Waals surface area contributed by atoms with Crippen molar-refractivity contribution in [2.24, 2.45) is 5.73 Å². The molecule has 0 amide bonds. The van der Waals surface area contributed by atoms with E-state index in [9.17, 15) is 9.18 Å². The quantitative estimate of drug-likeness (QED) is 0.856. The highest BCUT2D eigenvalue weighted by Gasteiger charge is 2.18. The Bertz CT molecular complexity index is 659. The Morgan fingerprint density at radius 1 is 1.36 bits per heavy atom. The predicted octanol–water partition coefficient (Wildman–Crippen LogP) is 3.30. The molecule has 0 radical (unpaired) electrons. The molecule has 2 rings (SSSR count). The van der Waals surface area contributed by atoms with Crippen molar-refractivity contribution in [3.8, 4) is 5.75 Å². The minimum atomic E-state index is -0.568. The maximum absolute atomic E-state index is 13.8. The molecule has 0 saturated heterocycles. The fraction of sp³-hybridized carbons (Fsp3) is 0.312. The molecule has 6 heteroatoms. The van der Waals surface area contributed by atoms with E-state index in [0.717, 1.165) is 0 Å². The molecule has 0 saturated carbocycles. The second-order valence-electron chi connectivity index (χ2n) is 4.68. The van der Waals surface area contributed by atoms with Crippen LogP contribution >= 0.6 is 12.4 Å². The number of halogens is 2. The number of carbonyl (C=O) groups excluding carboxylic acids is 1. The first kappa shape index (κ1) is 18.2. The van der Waals surface area contributed by atoms with Crippen molar-refractivity contribution >= 4 is 29.1 Å². The highest BCUT2D eigenvalue weighted by Crippen LogP contribution is 2.29. The molecule has 0 spiro atoms. The van der Waals surface area contributed by atoms with Crippen LogP contribution in [0.4, 0.5) is 4.39 Å². The van der Waals surface area contributed by atoms with E-state index < -0.39 is 11.8 Å². The Morgan fingerprint density at radius 3 is 2.68 bits per heavy atom. The summed E-state index contributed by atoms with van der Waals surface area (Å²) in [6.07, 6.45) is 0.498. The van der Waals surface area contributed by atoms with Crippen LogP contribution < -0.4 is 10.5 Å². The van der Waals surface area contributed by atoms with Crippen LogP contribution in [0.25, 0.3) is 10.8 Å². The van der Waals surface area contributed by atoms with Gasteiger partial charge in [0.2, 0.25) is 0 Å². The number of nitrogens with two attached hydrogens (primary N) is 1. The SMILES string of the molecule is CCC(CN)Oc1cc2cccc(F)c2cc1C(=O)OC.Cl. The van der Waals surface area contributed by atoms with Gasteiger partial charge in [-0.3, -0.25) is 0 Å². The van der Waals surface area contributed by atoms with Gasteiger partial charge in [-0.25, -0.2) is 9.18 Å². The molecule has 22 heavy (non-hydrogen) atoms. The number of ether oxygens (including phenoxy) is 2. The zero-order valence-corrected chi connectivity index (χ0v) is 13.3. The summed E-state index contributed by atoms with van der Waals surface area (Å²) >= 11 is 0. The Hall–Kier alpha value is -1.85. The Balaban J connectivity index is 0.00000242. The van der Waals surface area contributed by atoms with Crippen LogP contribution in [0.5, 0.6) is 5.75 Å². The lowest BCUT2D eigenvalue weighted by atomic mass is 10.1. The normalized spacial score (nSPS) is 11.6. The van der Waals surface area contributed by atoms with Gasteiger partial charge >= 0.3 is 5.97 Å². The standard InChI is InChI=1S/C16H18FNO3.ClH/c1-3-11(9-18)21-15-7-10-5-4-6-14(17)12(10)8-13(15)16(19)20-2;/h4-8,11H,3,9,18H2,1-2H3;1H. The summed E-state index contributed by atoms with van der Waals surface area (Å²) in [5.74, 6) is -0.602. The van der Waals surface area contributed by atoms with Crippen LogP contribution in [0.1, 0.15) is 23.7 Å². The Kier molecular flexibility index (Phi) is 6.59. The van der Waals surface area contributed by atoms with Crippen LogP contribution in [0.3, 0.4) is 0 Å². The number of hydrogen-bond acceptors (Lipinski definition) is 4. The van der Waals surface area contributed by atoms with E-state index in [-0.39, 0.29) is 24.1 Å². The van der Waals surface area contributed by atoms with E-state index >= 15 is 0 Å². The molecule has 0 fully saturated rings. The molecule has 0 aliphatic carbocycles. The van der Waals surface area contributed by atoms with Crippen LogP contribution in [0.15, 0.2) is 30.3 Å². The molecule has 2 N–H and O–H groups in total. The van der Waals surface area contributed by atoms with E-state index in [0.29, 0.717) is 29.5 Å². The molecule has 0 bridgehead atoms. The van der Waals surface area contributed by atoms with Crippen molar-refractivity contribution in [2.45, 2.75) is 19.4 Å². The first-order valence-corrected chi connectivity index (χ1v) is 6.78. The molecule has 0 aromatic heterocycles. The summed E-state index contributed by atoms with van der Waals surface area (Å²) < 4.78 is 24.4. The molecule has 0 heterocycles. The van der Waals surface area contributed by atoms with Crippen molar-refractivity contribution < 1.29 is 18.7 Å². The minimum Gasteiger partial charge on any atom is -0.488 e. The maximum Gasteiger partial charge on any atom is 0.341 e. The van der Waals surface area contributed by atoms with Crippen molar-refractivity contribution in [3.63, 3.8) is 0 Å². The van der Waals surface area contributed by atoms with E-state index in [2.05, 4.69) is 0 Å². The van der Waals surface area contributed by atoms with Gasteiger partial charge in [0.15, 0.2) is 0 Å². The topological polar surface area (TPSA) is 61.5 Å². The van der Waals surface area contributed by atoms with Gasteiger partial charge in [-0.15, -0.1) is 12.4 Å². The Labute approximate surface area is 134 Å². The first-order chi connectivity index (χ1) is 10.1. The monoisotopic (exact) mass is 327 g/mol. The molecule has 4 nitrogen and oxygen atoms in total. The molecule has 1 atom stereocenters. The zero-order chi connectivity index (χ0) is 15.4. The second-order valence-corrected chi connectivity index (χ2v) is 4.68. The van der Waals surface area contributed by atoms with Crippen molar-refractivity contribution in [1.82, 2.24) is 0 Å². The van der Waals surface area contributed by atoms with Gasteiger partial charge < -0.3 is 15.2 Å². The van der Waals surface area contributed by atoms with Crippen molar-refractivity contribution in [2.75, 3.05) is 13.7 Å². The third-order valence-electron chi connectivity index (χ3n) is 3.34. The van der Waals surface area contributed by atoms with Gasteiger partial charge in [-0.1, -0.05) is 19.1 Å². The van der Waals surface area contributed by atoms with Gasteiger partial charge in [-0.2, -0.15) is 0 Å². The molecule has 0 aliphatic heterocycles. The maximum atomic E-state index is 13.8. The zero-order valence-electron chi connectivity index (χ0n) is 12.5. The summed E-state index contributed by atoms with van der Waals surface area (Å²) in [6, 6.07) is 7.81. The molecular formula is C16H19ClFNO3. The minimum absolute atomic E-state index is 0. The van der Waals surface area contributed by atoms with Crippen molar-refractivity contribution in [3.05, 3.63) is 41.7 Å². The number of carbonyl (C=O) groups is 1. The number of hydrogen-bond donors (Lipinski definition) is 1. The highest BCUT2D eigenvalue weighted by atomic mass is 35.5. The number of benzene rings is 2. The van der Waals surface area contributed by atoms with Gasteiger partial charge in [-0.05, 0) is 30.0 Å². The summed E-state index contributed by atoms with van der Waals surface area (Å²) in [5, 5.41) is 1.01. The number of fused-ring (bicyclic) bond motifs is 1. The van der Waals surface area contributed by atoms with Crippen LogP contribution in [-0.2, 0) is 4.74 Å². The lowest BCUT2D eigenvalue weighted by molar-refractivity contribution is 0.0593. The number of methoxy groups -OCH3 is 1. The van der Waals surface area contributed by atoms with E-state index in [1.807, 2.05) is 6.92 Å². The van der Waals surface area contributed by atoms with E-state index in [1.165, 1.54) is 19.2 Å². The van der Waals surface area contributed by atoms with Crippen LogP contribution in [0.2, 0.25) is 0 Å². The summed E-state index contributed by atoms with van der Waals surface area (Å²) in [6.45, 7) is 2.27. The van der Waals surface area contributed by atoms with Crippen LogP contribution in [0, 0.1) is 5.82 Å². The van der Waals surface area contributed by atoms with Crippen molar-refractivity contribution in [1.29, 1.82) is 0 Å². The molecule has 120 valence electrons. The average molecular weight is 328 g/mol. The smallest absolute Gasteiger partial charge is 0.341 e. The lowest BCUT2D eigenvalue weighted by Crippen LogP contribution is -2.26. The third-order valence-corrected chi connectivity index (χ3v) is 3.34. The van der Waals surface area contributed by atoms with E-state index in [1.54, 1.807) is 18.2 Å². The van der Waals surface area contributed by atoms with Gasteiger partial charge in [0.1, 0.15) is 23.2 Å². The predicted molar refractivity (Wildman–Crippen MR) is 86.3 cm³/mol. The highest BCUT2D eigenvalue weighted by molar-refractivity contribution is 5.98. The lowest BCUT2D eigenvalue weighted by Gasteiger charge is -2.18. The average Bonchev–Trinajstić information content (AvgIpc) is 2.51. The summed E-state index contributed by atoms with van der Waals surface area (Å²) in [5.41, 5.74) is 5.82. The molecule has 2 aromatic carbocycles. The third kappa shape index (κ3) is 3.67. The second kappa shape index (κ2) is 7.96. The summed E-state index contributed by atoms with van der Waals surface area (Å²) in [7, 11) is 1.28.